The minimum Gasteiger partial charge on any atom is -0.383 e. The fourth-order valence-corrected chi connectivity index (χ4v) is 2.80. The topological polar surface area (TPSA) is 34.1 Å². The number of ether oxygens (including phenoxy) is 1. The first kappa shape index (κ1) is 11.0. The van der Waals surface area contributed by atoms with E-state index in [2.05, 4.69) is 17.2 Å². The Morgan fingerprint density at radius 1 is 1.67 bits per heavy atom. The molecule has 1 fully saturated rings. The monoisotopic (exact) mass is 226 g/mol. The largest absolute Gasteiger partial charge is 0.383 e. The van der Waals surface area contributed by atoms with Gasteiger partial charge in [-0.15, -0.1) is 11.3 Å². The molecule has 1 N–H and O–H groups in total. The maximum absolute atomic E-state index is 5.08. The molecule has 1 atom stereocenters. The summed E-state index contributed by atoms with van der Waals surface area (Å²) in [5.41, 5.74) is 0.0622. The van der Waals surface area contributed by atoms with Crippen molar-refractivity contribution >= 4 is 11.3 Å². The molecule has 1 aliphatic rings. The van der Waals surface area contributed by atoms with Crippen molar-refractivity contribution in [1.82, 2.24) is 10.3 Å². The Labute approximate surface area is 94.9 Å². The summed E-state index contributed by atoms with van der Waals surface area (Å²) in [6, 6.07) is 0. The van der Waals surface area contributed by atoms with Crippen LogP contribution in [0.4, 0.5) is 0 Å². The van der Waals surface area contributed by atoms with Crippen molar-refractivity contribution in [1.29, 1.82) is 0 Å². The molecule has 0 amide bonds. The zero-order valence-corrected chi connectivity index (χ0v) is 10.1. The molecule has 0 aromatic carbocycles. The highest BCUT2D eigenvalue weighted by molar-refractivity contribution is 7.09. The molecule has 1 saturated carbocycles. The molecule has 3 nitrogen and oxygen atoms in total. The first-order valence-electron chi connectivity index (χ1n) is 5.41. The third-order valence-electron chi connectivity index (χ3n) is 3.07. The van der Waals surface area contributed by atoms with Crippen LogP contribution in [-0.2, 0) is 10.3 Å². The highest BCUT2D eigenvalue weighted by atomic mass is 32.1. The lowest BCUT2D eigenvalue weighted by Crippen LogP contribution is -2.43. The van der Waals surface area contributed by atoms with Crippen LogP contribution < -0.4 is 5.32 Å². The van der Waals surface area contributed by atoms with Crippen molar-refractivity contribution in [3.05, 3.63) is 16.6 Å². The molecule has 1 aromatic heterocycles. The van der Waals surface area contributed by atoms with Crippen LogP contribution in [0.15, 0.2) is 11.6 Å². The Bertz CT molecular complexity index is 298. The molecule has 1 aromatic rings. The van der Waals surface area contributed by atoms with Crippen molar-refractivity contribution < 1.29 is 4.74 Å². The van der Waals surface area contributed by atoms with E-state index in [0.29, 0.717) is 0 Å². The quantitative estimate of drug-likeness (QED) is 0.753. The number of methoxy groups -OCH3 is 1. The van der Waals surface area contributed by atoms with Crippen LogP contribution in [0, 0.1) is 5.92 Å². The summed E-state index contributed by atoms with van der Waals surface area (Å²) in [5, 5.41) is 6.84. The molecule has 0 bridgehead atoms. The predicted molar refractivity (Wildman–Crippen MR) is 62.1 cm³/mol. The lowest BCUT2D eigenvalue weighted by Gasteiger charge is -2.29. The fourth-order valence-electron chi connectivity index (χ4n) is 1.95. The Morgan fingerprint density at radius 3 is 3.00 bits per heavy atom. The summed E-state index contributed by atoms with van der Waals surface area (Å²) >= 11 is 1.74. The van der Waals surface area contributed by atoms with Crippen molar-refractivity contribution in [3.8, 4) is 0 Å². The lowest BCUT2D eigenvalue weighted by molar-refractivity contribution is 0.181. The zero-order chi connectivity index (χ0) is 10.7. The summed E-state index contributed by atoms with van der Waals surface area (Å²) in [7, 11) is 1.74. The van der Waals surface area contributed by atoms with Crippen LogP contribution in [0.3, 0.4) is 0 Å². The van der Waals surface area contributed by atoms with Gasteiger partial charge in [0.05, 0.1) is 12.1 Å². The second-order valence-electron chi connectivity index (χ2n) is 4.23. The predicted octanol–water partition coefficient (Wildman–Crippen LogP) is 2.00. The van der Waals surface area contributed by atoms with Crippen molar-refractivity contribution in [2.24, 2.45) is 5.92 Å². The van der Waals surface area contributed by atoms with Gasteiger partial charge in [0.2, 0.25) is 0 Å². The average molecular weight is 226 g/mol. The second-order valence-corrected chi connectivity index (χ2v) is 5.13. The Balaban J connectivity index is 2.03. The standard InChI is InChI=1S/C11H18N2OS/c1-11(9-3-4-9,13-5-7-14-2)10-12-6-8-15-10/h6,8-9,13H,3-5,7H2,1-2H3. The highest BCUT2D eigenvalue weighted by Gasteiger charge is 2.44. The van der Waals surface area contributed by atoms with Crippen LogP contribution in [0.2, 0.25) is 0 Å². The van der Waals surface area contributed by atoms with Gasteiger partial charge < -0.3 is 10.1 Å². The maximum Gasteiger partial charge on any atom is 0.113 e. The van der Waals surface area contributed by atoms with Gasteiger partial charge in [-0.3, -0.25) is 0 Å². The van der Waals surface area contributed by atoms with Crippen molar-refractivity contribution in [3.63, 3.8) is 0 Å². The van der Waals surface area contributed by atoms with Crippen LogP contribution in [0.1, 0.15) is 24.8 Å². The van der Waals surface area contributed by atoms with Gasteiger partial charge in [0.15, 0.2) is 0 Å². The maximum atomic E-state index is 5.08. The number of nitrogens with zero attached hydrogens (tertiary/aromatic N) is 1. The van der Waals surface area contributed by atoms with Crippen LogP contribution in [0.5, 0.6) is 0 Å². The number of rotatable bonds is 6. The van der Waals surface area contributed by atoms with Gasteiger partial charge in [-0.25, -0.2) is 4.98 Å². The van der Waals surface area contributed by atoms with E-state index in [0.717, 1.165) is 19.1 Å². The van der Waals surface area contributed by atoms with E-state index in [1.165, 1.54) is 17.8 Å². The molecule has 0 radical (unpaired) electrons. The number of thiazole rings is 1. The molecule has 2 rings (SSSR count). The second kappa shape index (κ2) is 4.60. The van der Waals surface area contributed by atoms with Crippen LogP contribution in [-0.4, -0.2) is 25.2 Å². The molecule has 0 aliphatic heterocycles. The van der Waals surface area contributed by atoms with Crippen LogP contribution >= 0.6 is 11.3 Å². The summed E-state index contributed by atoms with van der Waals surface area (Å²) in [4.78, 5) is 4.44. The molecular formula is C11H18N2OS. The molecule has 1 unspecified atom stereocenters. The number of hydrogen-bond acceptors (Lipinski definition) is 4. The van der Waals surface area contributed by atoms with Gasteiger partial charge in [-0.05, 0) is 25.7 Å². The van der Waals surface area contributed by atoms with E-state index in [4.69, 9.17) is 4.74 Å². The number of hydrogen-bond donors (Lipinski definition) is 1. The van der Waals surface area contributed by atoms with Gasteiger partial charge in [0.1, 0.15) is 5.01 Å². The Hall–Kier alpha value is -0.450. The van der Waals surface area contributed by atoms with E-state index in [1.807, 2.05) is 11.6 Å². The first-order valence-corrected chi connectivity index (χ1v) is 6.29. The van der Waals surface area contributed by atoms with Crippen molar-refractivity contribution in [2.75, 3.05) is 20.3 Å². The first-order chi connectivity index (χ1) is 7.27. The van der Waals surface area contributed by atoms with Gasteiger partial charge in [0, 0.05) is 25.2 Å². The fraction of sp³-hybridized carbons (Fsp3) is 0.727. The molecule has 15 heavy (non-hydrogen) atoms. The third-order valence-corrected chi connectivity index (χ3v) is 4.08. The van der Waals surface area contributed by atoms with Gasteiger partial charge in [-0.1, -0.05) is 0 Å². The normalized spacial score (nSPS) is 20.1. The third kappa shape index (κ3) is 2.38. The SMILES string of the molecule is COCCNC(C)(c1nccs1)C1CC1. The summed E-state index contributed by atoms with van der Waals surface area (Å²) in [5.74, 6) is 0.750. The summed E-state index contributed by atoms with van der Waals surface area (Å²) in [6.07, 6.45) is 4.52. The van der Waals surface area contributed by atoms with E-state index in [-0.39, 0.29) is 5.54 Å². The molecule has 4 heteroatoms. The smallest absolute Gasteiger partial charge is 0.113 e. The Morgan fingerprint density at radius 2 is 2.47 bits per heavy atom. The molecule has 0 spiro atoms. The molecular weight excluding hydrogens is 208 g/mol. The minimum atomic E-state index is 0.0622. The zero-order valence-electron chi connectivity index (χ0n) is 9.32. The highest BCUT2D eigenvalue weighted by Crippen LogP contribution is 2.45. The molecule has 0 saturated heterocycles. The minimum absolute atomic E-state index is 0.0622. The molecule has 1 heterocycles. The Kier molecular flexibility index (Phi) is 3.38. The van der Waals surface area contributed by atoms with E-state index < -0.39 is 0 Å². The van der Waals surface area contributed by atoms with Crippen LogP contribution in [0.25, 0.3) is 0 Å². The average Bonchev–Trinajstić information content (AvgIpc) is 2.94. The number of nitrogens with one attached hydrogen (secondary N) is 1. The van der Waals surface area contributed by atoms with Gasteiger partial charge in [-0.2, -0.15) is 0 Å². The number of aromatic nitrogens is 1. The summed E-state index contributed by atoms with van der Waals surface area (Å²) < 4.78 is 5.08. The molecule has 1 aliphatic carbocycles. The molecule has 84 valence electrons. The lowest BCUT2D eigenvalue weighted by atomic mass is 9.96. The van der Waals surface area contributed by atoms with E-state index in [1.54, 1.807) is 18.4 Å². The van der Waals surface area contributed by atoms with E-state index >= 15 is 0 Å². The van der Waals surface area contributed by atoms with E-state index in [9.17, 15) is 0 Å². The van der Waals surface area contributed by atoms with Gasteiger partial charge >= 0.3 is 0 Å². The summed E-state index contributed by atoms with van der Waals surface area (Å²) in [6.45, 7) is 3.91. The van der Waals surface area contributed by atoms with Crippen molar-refractivity contribution in [2.45, 2.75) is 25.3 Å². The van der Waals surface area contributed by atoms with Gasteiger partial charge in [0.25, 0.3) is 0 Å².